The number of phosphoric acid groups is 2. The van der Waals surface area contributed by atoms with Crippen molar-refractivity contribution < 1.29 is 80.2 Å². The molecular formula is C87H152O17P2. The first-order chi connectivity index (χ1) is 51.7. The summed E-state index contributed by atoms with van der Waals surface area (Å²) in [5.41, 5.74) is 0. The van der Waals surface area contributed by atoms with E-state index in [9.17, 15) is 43.2 Å². The summed E-state index contributed by atoms with van der Waals surface area (Å²) in [6, 6.07) is 0. The molecule has 0 aliphatic rings. The summed E-state index contributed by atoms with van der Waals surface area (Å²) >= 11 is 0. The molecule has 0 fully saturated rings. The van der Waals surface area contributed by atoms with Gasteiger partial charge in [-0.15, -0.1) is 0 Å². The molecule has 0 spiro atoms. The molecule has 0 aromatic carbocycles. The zero-order chi connectivity index (χ0) is 77.4. The van der Waals surface area contributed by atoms with Gasteiger partial charge in [0.15, 0.2) is 12.2 Å². The number of aliphatic hydroxyl groups is 1. The van der Waals surface area contributed by atoms with Gasteiger partial charge in [-0.05, 0) is 128 Å². The number of allylic oxidation sites excluding steroid dienone is 18. The van der Waals surface area contributed by atoms with Crippen molar-refractivity contribution in [3.63, 3.8) is 0 Å². The number of ether oxygens (including phenoxy) is 4. The maximum Gasteiger partial charge on any atom is 0.472 e. The molecule has 0 saturated heterocycles. The van der Waals surface area contributed by atoms with Gasteiger partial charge in [0.1, 0.15) is 19.3 Å². The topological polar surface area (TPSA) is 237 Å². The molecule has 0 amide bonds. The lowest BCUT2D eigenvalue weighted by Crippen LogP contribution is -2.30. The minimum Gasteiger partial charge on any atom is -0.462 e. The number of carbonyl (C=O) groups is 4. The summed E-state index contributed by atoms with van der Waals surface area (Å²) in [5, 5.41) is 10.7. The Kier molecular flexibility index (Phi) is 75.6. The molecule has 3 N–H and O–H groups in total. The summed E-state index contributed by atoms with van der Waals surface area (Å²) in [7, 11) is -10.00. The van der Waals surface area contributed by atoms with E-state index in [0.29, 0.717) is 38.5 Å². The van der Waals surface area contributed by atoms with Gasteiger partial charge in [0.2, 0.25) is 0 Å². The Bertz CT molecular complexity index is 2430. The van der Waals surface area contributed by atoms with Crippen LogP contribution >= 0.6 is 15.6 Å². The fourth-order valence-electron chi connectivity index (χ4n) is 11.3. The normalized spacial score (nSPS) is 14.4. The summed E-state index contributed by atoms with van der Waals surface area (Å²) in [5.74, 6) is -2.30. The van der Waals surface area contributed by atoms with Crippen LogP contribution in [0.3, 0.4) is 0 Å². The molecule has 0 rings (SSSR count). The average molecular weight is 1530 g/mol. The molecule has 0 heterocycles. The van der Waals surface area contributed by atoms with Crippen LogP contribution in [-0.2, 0) is 65.4 Å². The largest absolute Gasteiger partial charge is 0.472 e. The van der Waals surface area contributed by atoms with Crippen LogP contribution in [0.15, 0.2) is 109 Å². The number of hydrogen-bond acceptors (Lipinski definition) is 15. The highest BCUT2D eigenvalue weighted by molar-refractivity contribution is 7.47. The number of rotatable bonds is 79. The molecule has 0 radical (unpaired) electrons. The smallest absolute Gasteiger partial charge is 0.462 e. The van der Waals surface area contributed by atoms with E-state index in [1.54, 1.807) is 0 Å². The van der Waals surface area contributed by atoms with Crippen LogP contribution in [0.4, 0.5) is 0 Å². The minimum absolute atomic E-state index is 0.0159. The van der Waals surface area contributed by atoms with Gasteiger partial charge in [-0.2, -0.15) is 0 Å². The Morgan fingerprint density at radius 1 is 0.264 bits per heavy atom. The lowest BCUT2D eigenvalue weighted by molar-refractivity contribution is -0.161. The second kappa shape index (κ2) is 78.8. The van der Waals surface area contributed by atoms with Crippen LogP contribution in [0.1, 0.15) is 362 Å². The third kappa shape index (κ3) is 77.9. The van der Waals surface area contributed by atoms with Crippen molar-refractivity contribution >= 4 is 39.5 Å². The Balaban J connectivity index is 5.46. The van der Waals surface area contributed by atoms with Gasteiger partial charge >= 0.3 is 39.5 Å². The molecule has 5 atom stereocenters. The maximum atomic E-state index is 13.1. The van der Waals surface area contributed by atoms with Gasteiger partial charge in [-0.3, -0.25) is 37.3 Å². The summed E-state index contributed by atoms with van der Waals surface area (Å²) < 4.78 is 68.6. The Morgan fingerprint density at radius 3 is 0.764 bits per heavy atom. The molecule has 0 bridgehead atoms. The van der Waals surface area contributed by atoms with Gasteiger partial charge in [-0.25, -0.2) is 9.13 Å². The van der Waals surface area contributed by atoms with E-state index in [4.69, 9.17) is 37.0 Å². The predicted molar refractivity (Wildman–Crippen MR) is 436 cm³/mol. The lowest BCUT2D eigenvalue weighted by atomic mass is 10.0. The van der Waals surface area contributed by atoms with Crippen molar-refractivity contribution in [3.8, 4) is 0 Å². The average Bonchev–Trinajstić information content (AvgIpc) is 0.902. The highest BCUT2D eigenvalue weighted by Gasteiger charge is 2.30. The van der Waals surface area contributed by atoms with Crippen molar-refractivity contribution in [2.75, 3.05) is 39.6 Å². The Hall–Kier alpha value is -4.28. The van der Waals surface area contributed by atoms with Crippen LogP contribution in [0.5, 0.6) is 0 Å². The summed E-state index contributed by atoms with van der Waals surface area (Å²) in [4.78, 5) is 73.1. The molecule has 612 valence electrons. The second-order valence-corrected chi connectivity index (χ2v) is 31.0. The molecule has 0 aromatic rings. The quantitative estimate of drug-likeness (QED) is 0.0169. The van der Waals surface area contributed by atoms with Crippen LogP contribution in [0, 0.1) is 0 Å². The van der Waals surface area contributed by atoms with Crippen molar-refractivity contribution in [1.29, 1.82) is 0 Å². The monoisotopic (exact) mass is 1530 g/mol. The van der Waals surface area contributed by atoms with E-state index in [0.717, 1.165) is 109 Å². The van der Waals surface area contributed by atoms with E-state index in [2.05, 4.69) is 113 Å². The number of phosphoric ester groups is 2. The van der Waals surface area contributed by atoms with Gasteiger partial charge in [-0.1, -0.05) is 317 Å². The molecule has 0 aromatic heterocycles. The Morgan fingerprint density at radius 2 is 0.472 bits per heavy atom. The first-order valence-electron chi connectivity index (χ1n) is 42.1. The van der Waals surface area contributed by atoms with E-state index in [-0.39, 0.29) is 25.7 Å². The number of aliphatic hydroxyl groups excluding tert-OH is 1. The van der Waals surface area contributed by atoms with Crippen molar-refractivity contribution in [1.82, 2.24) is 0 Å². The highest BCUT2D eigenvalue weighted by Crippen LogP contribution is 2.45. The molecule has 2 unspecified atom stereocenters. The molecule has 19 heteroatoms. The molecule has 0 aliphatic carbocycles. The molecule has 17 nitrogen and oxygen atoms in total. The van der Waals surface area contributed by atoms with E-state index in [1.807, 2.05) is 24.3 Å². The van der Waals surface area contributed by atoms with Crippen molar-refractivity contribution in [2.45, 2.75) is 380 Å². The van der Waals surface area contributed by atoms with Gasteiger partial charge in [0, 0.05) is 25.7 Å². The predicted octanol–water partition coefficient (Wildman–Crippen LogP) is 24.9. The number of esters is 4. The fourth-order valence-corrected chi connectivity index (χ4v) is 12.8. The maximum absolute atomic E-state index is 13.1. The zero-order valence-electron chi connectivity index (χ0n) is 67.1. The molecular weight excluding hydrogens is 1380 g/mol. The lowest BCUT2D eigenvalue weighted by Gasteiger charge is -2.21. The van der Waals surface area contributed by atoms with E-state index < -0.39 is 97.5 Å². The van der Waals surface area contributed by atoms with Crippen LogP contribution in [0.25, 0.3) is 0 Å². The number of carbonyl (C=O) groups excluding carboxylic acids is 4. The highest BCUT2D eigenvalue weighted by atomic mass is 31.2. The van der Waals surface area contributed by atoms with E-state index >= 15 is 0 Å². The molecule has 0 aliphatic heterocycles. The molecule has 106 heavy (non-hydrogen) atoms. The fraction of sp³-hybridized carbons (Fsp3) is 0.747. The van der Waals surface area contributed by atoms with Crippen LogP contribution in [0.2, 0.25) is 0 Å². The SMILES string of the molecule is CCCCC/C=C\C/C=C\C/C=C\C/C=C\CCCC(=O)O[C@H](COC(=O)CCCCCCC/C=C\CCCCCCCC)COP(=O)(O)OC[C@@H](O)COP(=O)(O)OC[C@@H](COC(=O)CCCCCCCCCCCCCCCCCCC)OC(=O)CCC/C=C\C/C=C\C/C=C\C/C=C\CCCCC. The summed E-state index contributed by atoms with van der Waals surface area (Å²) in [6.07, 6.45) is 86.4. The minimum atomic E-state index is -5.00. The third-order valence-corrected chi connectivity index (χ3v) is 19.6. The number of unbranched alkanes of at least 4 members (excludes halogenated alkanes) is 35. The van der Waals surface area contributed by atoms with Crippen LogP contribution < -0.4 is 0 Å². The second-order valence-electron chi connectivity index (χ2n) is 28.1. The first kappa shape index (κ1) is 102. The number of hydrogen-bond donors (Lipinski definition) is 3. The van der Waals surface area contributed by atoms with Gasteiger partial charge in [0.05, 0.1) is 26.4 Å². The van der Waals surface area contributed by atoms with Crippen molar-refractivity contribution in [3.05, 3.63) is 109 Å². The standard InChI is InChI=1S/C87H152O17P2/c1-5-9-13-17-21-25-29-33-37-40-44-48-52-56-60-64-68-72-85(90)98-78-83(104-87(92)74-70-66-62-58-54-50-46-42-39-35-31-27-23-19-15-11-7-3)80-102-106(95,96)100-76-81(88)75-99-105(93,94)101-79-82(77-97-84(89)71-67-63-59-55-51-47-43-36-32-28-24-20-16-12-8-4)103-86(91)73-69-65-61-57-53-49-45-41-38-34-30-26-22-18-14-10-6-2/h22-23,26-27,34-36,38-39,43,45-46,49-50,57-58,61-62,81-83,88H,5-21,24-25,28-33,37,40-42,44,47-48,51-56,59-60,63-80H2,1-4H3,(H,93,94)(H,95,96)/b26-22-,27-23-,38-34-,39-35-,43-36-,49-45-,50-46-,61-57-,62-58-/t81-,82-,83-/m1/s1. The van der Waals surface area contributed by atoms with Gasteiger partial charge in [0.25, 0.3) is 0 Å². The summed E-state index contributed by atoms with van der Waals surface area (Å²) in [6.45, 7) is 4.74. The van der Waals surface area contributed by atoms with Gasteiger partial charge < -0.3 is 33.8 Å². The van der Waals surface area contributed by atoms with Crippen LogP contribution in [-0.4, -0.2) is 96.7 Å². The first-order valence-corrected chi connectivity index (χ1v) is 45.1. The zero-order valence-corrected chi connectivity index (χ0v) is 68.9. The van der Waals surface area contributed by atoms with E-state index in [1.165, 1.54) is 161 Å². The third-order valence-electron chi connectivity index (χ3n) is 17.7. The Labute approximate surface area is 645 Å². The van der Waals surface area contributed by atoms with Crippen molar-refractivity contribution in [2.24, 2.45) is 0 Å². The molecule has 0 saturated carbocycles.